The number of rotatable bonds is 4. The zero-order valence-electron chi connectivity index (χ0n) is 16.7. The minimum absolute atomic E-state index is 0.276. The van der Waals surface area contributed by atoms with Crippen LogP contribution in [0, 0.1) is 0 Å². The van der Waals surface area contributed by atoms with Crippen molar-refractivity contribution in [3.05, 3.63) is 11.6 Å². The lowest BCUT2D eigenvalue weighted by molar-refractivity contribution is -0.133. The van der Waals surface area contributed by atoms with Gasteiger partial charge in [0.1, 0.15) is 11.6 Å². The Labute approximate surface area is 162 Å². The standard InChI is InChI=1S/C20H34N6O/c1-24(17-5-3-2-4-6-17)19(27)15-25-12-9-18-22-23-20(26(18)14-13-25)16-7-10-21-11-8-16/h16-17,21H,2-15H2,1H3. The molecular formula is C20H34N6O. The van der Waals surface area contributed by atoms with Crippen LogP contribution in [0.4, 0.5) is 0 Å². The molecule has 1 aromatic rings. The number of fused-ring (bicyclic) bond motifs is 1. The Bertz CT molecular complexity index is 632. The summed E-state index contributed by atoms with van der Waals surface area (Å²) in [6, 6.07) is 0.449. The summed E-state index contributed by atoms with van der Waals surface area (Å²) in [5.41, 5.74) is 0. The maximum Gasteiger partial charge on any atom is 0.236 e. The molecule has 1 aliphatic carbocycles. The molecule has 27 heavy (non-hydrogen) atoms. The van der Waals surface area contributed by atoms with Gasteiger partial charge in [0.25, 0.3) is 0 Å². The zero-order valence-corrected chi connectivity index (χ0v) is 16.7. The van der Waals surface area contributed by atoms with Crippen LogP contribution >= 0.6 is 0 Å². The Morgan fingerprint density at radius 2 is 1.85 bits per heavy atom. The predicted octanol–water partition coefficient (Wildman–Crippen LogP) is 1.39. The van der Waals surface area contributed by atoms with Gasteiger partial charge in [-0.05, 0) is 38.8 Å². The summed E-state index contributed by atoms with van der Waals surface area (Å²) < 4.78 is 2.34. The molecule has 0 radical (unpaired) electrons. The molecule has 1 saturated carbocycles. The van der Waals surface area contributed by atoms with E-state index in [1.807, 2.05) is 11.9 Å². The van der Waals surface area contributed by atoms with Gasteiger partial charge in [0.05, 0.1) is 6.54 Å². The van der Waals surface area contributed by atoms with Crippen LogP contribution in [-0.4, -0.2) is 76.3 Å². The van der Waals surface area contributed by atoms with Crippen LogP contribution < -0.4 is 5.32 Å². The molecule has 2 aliphatic heterocycles. The molecule has 3 heterocycles. The highest BCUT2D eigenvalue weighted by atomic mass is 16.2. The van der Waals surface area contributed by atoms with Gasteiger partial charge in [0.2, 0.25) is 5.91 Å². The van der Waals surface area contributed by atoms with Crippen molar-refractivity contribution in [2.24, 2.45) is 0 Å². The van der Waals surface area contributed by atoms with Gasteiger partial charge in [-0.1, -0.05) is 19.3 Å². The van der Waals surface area contributed by atoms with Crippen molar-refractivity contribution < 1.29 is 4.79 Å². The van der Waals surface area contributed by atoms with Crippen molar-refractivity contribution in [3.63, 3.8) is 0 Å². The van der Waals surface area contributed by atoms with E-state index in [1.165, 1.54) is 37.9 Å². The molecule has 2 fully saturated rings. The number of aromatic nitrogens is 3. The Kier molecular flexibility index (Phi) is 6.08. The van der Waals surface area contributed by atoms with Gasteiger partial charge in [-0.3, -0.25) is 9.69 Å². The van der Waals surface area contributed by atoms with Crippen molar-refractivity contribution in [2.45, 2.75) is 69.9 Å². The van der Waals surface area contributed by atoms with Gasteiger partial charge in [-0.25, -0.2) is 0 Å². The van der Waals surface area contributed by atoms with Crippen LogP contribution in [0.1, 0.15) is 62.5 Å². The second-order valence-electron chi connectivity index (χ2n) is 8.47. The van der Waals surface area contributed by atoms with Crippen LogP contribution in [-0.2, 0) is 17.8 Å². The van der Waals surface area contributed by atoms with E-state index in [9.17, 15) is 4.79 Å². The van der Waals surface area contributed by atoms with Crippen molar-refractivity contribution in [1.29, 1.82) is 0 Å². The fraction of sp³-hybridized carbons (Fsp3) is 0.850. The quantitative estimate of drug-likeness (QED) is 0.863. The monoisotopic (exact) mass is 374 g/mol. The molecule has 1 aromatic heterocycles. The summed E-state index contributed by atoms with van der Waals surface area (Å²) in [4.78, 5) is 17.1. The number of piperidine rings is 1. The Morgan fingerprint density at radius 3 is 2.63 bits per heavy atom. The van der Waals surface area contributed by atoms with Crippen LogP contribution in [0.5, 0.6) is 0 Å². The van der Waals surface area contributed by atoms with Crippen LogP contribution in [0.15, 0.2) is 0 Å². The molecule has 0 spiro atoms. The minimum Gasteiger partial charge on any atom is -0.342 e. The molecule has 3 aliphatic rings. The van der Waals surface area contributed by atoms with E-state index in [1.54, 1.807) is 0 Å². The van der Waals surface area contributed by atoms with Crippen molar-refractivity contribution in [2.75, 3.05) is 39.8 Å². The average Bonchev–Trinajstić information content (AvgIpc) is 3.03. The summed E-state index contributed by atoms with van der Waals surface area (Å²) >= 11 is 0. The molecule has 0 unspecified atom stereocenters. The van der Waals surface area contributed by atoms with E-state index >= 15 is 0 Å². The third-order valence-electron chi connectivity index (χ3n) is 6.73. The first-order chi connectivity index (χ1) is 13.2. The summed E-state index contributed by atoms with van der Waals surface area (Å²) in [5, 5.41) is 12.4. The lowest BCUT2D eigenvalue weighted by Crippen LogP contribution is -2.44. The van der Waals surface area contributed by atoms with Crippen molar-refractivity contribution in [3.8, 4) is 0 Å². The molecule has 0 aromatic carbocycles. The minimum atomic E-state index is 0.276. The van der Waals surface area contributed by atoms with E-state index in [0.29, 0.717) is 18.5 Å². The maximum absolute atomic E-state index is 12.8. The molecule has 1 amide bonds. The summed E-state index contributed by atoms with van der Waals surface area (Å²) in [5.74, 6) is 3.06. The number of nitrogens with zero attached hydrogens (tertiary/aromatic N) is 5. The first-order valence-corrected chi connectivity index (χ1v) is 10.8. The fourth-order valence-corrected chi connectivity index (χ4v) is 4.90. The van der Waals surface area contributed by atoms with Gasteiger partial charge < -0.3 is 14.8 Å². The second kappa shape index (κ2) is 8.69. The molecule has 1 saturated heterocycles. The van der Waals surface area contributed by atoms with Crippen LogP contribution in [0.25, 0.3) is 0 Å². The van der Waals surface area contributed by atoms with E-state index < -0.39 is 0 Å². The largest absolute Gasteiger partial charge is 0.342 e. The smallest absolute Gasteiger partial charge is 0.236 e. The zero-order chi connectivity index (χ0) is 18.6. The third kappa shape index (κ3) is 4.35. The predicted molar refractivity (Wildman–Crippen MR) is 105 cm³/mol. The Morgan fingerprint density at radius 1 is 1.07 bits per heavy atom. The van der Waals surface area contributed by atoms with Crippen LogP contribution in [0.2, 0.25) is 0 Å². The molecule has 7 nitrogen and oxygen atoms in total. The Balaban J connectivity index is 1.34. The van der Waals surface area contributed by atoms with Gasteiger partial charge >= 0.3 is 0 Å². The number of likely N-dealkylation sites (N-methyl/N-ethyl adjacent to an activating group) is 1. The topological polar surface area (TPSA) is 66.3 Å². The van der Waals surface area contributed by atoms with Gasteiger partial charge in [0, 0.05) is 45.1 Å². The lowest BCUT2D eigenvalue weighted by Gasteiger charge is -2.32. The number of carbonyl (C=O) groups excluding carboxylic acids is 1. The molecule has 150 valence electrons. The first-order valence-electron chi connectivity index (χ1n) is 10.8. The van der Waals surface area contributed by atoms with Crippen LogP contribution in [0.3, 0.4) is 0 Å². The molecule has 4 rings (SSSR count). The second-order valence-corrected chi connectivity index (χ2v) is 8.47. The highest BCUT2D eigenvalue weighted by molar-refractivity contribution is 5.78. The fourth-order valence-electron chi connectivity index (χ4n) is 4.90. The van der Waals surface area contributed by atoms with Gasteiger partial charge in [-0.15, -0.1) is 10.2 Å². The van der Waals surface area contributed by atoms with Crippen molar-refractivity contribution >= 4 is 5.91 Å². The van der Waals surface area contributed by atoms with E-state index in [-0.39, 0.29) is 5.91 Å². The maximum atomic E-state index is 12.8. The number of nitrogens with one attached hydrogen (secondary N) is 1. The summed E-state index contributed by atoms with van der Waals surface area (Å²) in [6.45, 7) is 5.39. The van der Waals surface area contributed by atoms with Gasteiger partial charge in [-0.2, -0.15) is 0 Å². The molecule has 1 N–H and O–H groups in total. The highest BCUT2D eigenvalue weighted by Crippen LogP contribution is 2.25. The summed E-state index contributed by atoms with van der Waals surface area (Å²) in [7, 11) is 2.00. The number of hydrogen-bond acceptors (Lipinski definition) is 5. The summed E-state index contributed by atoms with van der Waals surface area (Å²) in [6.07, 6.45) is 9.37. The van der Waals surface area contributed by atoms with E-state index in [2.05, 4.69) is 25.0 Å². The SMILES string of the molecule is CN(C(=O)CN1CCc2nnc(C3CCNCC3)n2CC1)C1CCCCC1. The van der Waals surface area contributed by atoms with E-state index in [0.717, 1.165) is 57.8 Å². The normalized spacial score (nSPS) is 23.0. The first kappa shape index (κ1) is 18.9. The molecule has 0 atom stereocenters. The van der Waals surface area contributed by atoms with Crippen molar-refractivity contribution in [1.82, 2.24) is 29.9 Å². The van der Waals surface area contributed by atoms with Gasteiger partial charge in [0.15, 0.2) is 0 Å². The number of amides is 1. The average molecular weight is 375 g/mol. The Hall–Kier alpha value is -1.47. The number of hydrogen-bond donors (Lipinski definition) is 1. The van der Waals surface area contributed by atoms with E-state index in [4.69, 9.17) is 0 Å². The highest BCUT2D eigenvalue weighted by Gasteiger charge is 2.27. The number of carbonyl (C=O) groups is 1. The molecule has 7 heteroatoms. The third-order valence-corrected chi connectivity index (χ3v) is 6.73. The molecular weight excluding hydrogens is 340 g/mol. The molecule has 0 bridgehead atoms. The lowest BCUT2D eigenvalue weighted by atomic mass is 9.94.